The number of nitrogens with zero attached hydrogens (tertiary/aromatic N) is 2. The van der Waals surface area contributed by atoms with E-state index in [1.54, 1.807) is 6.92 Å². The molecule has 32 heavy (non-hydrogen) atoms. The van der Waals surface area contributed by atoms with Crippen LogP contribution >= 0.6 is 34.5 Å². The number of carbonyl (C=O) groups excluding carboxylic acids is 3. The first-order chi connectivity index (χ1) is 15.2. The summed E-state index contributed by atoms with van der Waals surface area (Å²) in [7, 11) is 2.41. The minimum atomic E-state index is -0.701. The van der Waals surface area contributed by atoms with E-state index in [-0.39, 0.29) is 38.8 Å². The van der Waals surface area contributed by atoms with E-state index in [0.717, 1.165) is 11.3 Å². The Morgan fingerprint density at radius 3 is 2.50 bits per heavy atom. The van der Waals surface area contributed by atoms with E-state index in [0.29, 0.717) is 16.1 Å². The van der Waals surface area contributed by atoms with E-state index < -0.39 is 23.4 Å². The van der Waals surface area contributed by atoms with E-state index in [2.05, 4.69) is 10.3 Å². The van der Waals surface area contributed by atoms with Gasteiger partial charge in [-0.1, -0.05) is 23.2 Å². The molecule has 168 valence electrons. The largest absolute Gasteiger partial charge is 0.465 e. The SMILES string of the molecule is COC(=O)c1sc(NC(=O)CCn2cnc3c(Cl)cc(Cl)cc3c2=O)c(C(=O)OC)c1C. The maximum Gasteiger partial charge on any atom is 0.348 e. The molecule has 1 aromatic carbocycles. The predicted octanol–water partition coefficient (Wildman–Crippen LogP) is 3.68. The summed E-state index contributed by atoms with van der Waals surface area (Å²) >= 11 is 13.0. The minimum Gasteiger partial charge on any atom is -0.465 e. The number of esters is 2. The predicted molar refractivity (Wildman–Crippen MR) is 121 cm³/mol. The number of rotatable bonds is 6. The molecule has 3 aromatic rings. The van der Waals surface area contributed by atoms with Crippen LogP contribution in [-0.2, 0) is 20.8 Å². The number of nitrogens with one attached hydrogen (secondary N) is 1. The summed E-state index contributed by atoms with van der Waals surface area (Å²) < 4.78 is 10.7. The van der Waals surface area contributed by atoms with Crippen LogP contribution in [0.15, 0.2) is 23.3 Å². The third-order valence-corrected chi connectivity index (χ3v) is 6.28. The highest BCUT2D eigenvalue weighted by Crippen LogP contribution is 2.34. The lowest BCUT2D eigenvalue weighted by Gasteiger charge is -2.09. The zero-order valence-electron chi connectivity index (χ0n) is 17.2. The number of fused-ring (bicyclic) bond motifs is 1. The van der Waals surface area contributed by atoms with Gasteiger partial charge >= 0.3 is 11.9 Å². The van der Waals surface area contributed by atoms with Crippen LogP contribution in [-0.4, -0.2) is 41.6 Å². The van der Waals surface area contributed by atoms with Crippen molar-refractivity contribution >= 4 is 68.3 Å². The molecule has 0 spiro atoms. The highest BCUT2D eigenvalue weighted by molar-refractivity contribution is 7.18. The summed E-state index contributed by atoms with van der Waals surface area (Å²) in [6.07, 6.45) is 1.19. The number of amides is 1. The number of anilines is 1. The molecule has 0 bridgehead atoms. The second kappa shape index (κ2) is 9.68. The van der Waals surface area contributed by atoms with Crippen molar-refractivity contribution in [2.75, 3.05) is 19.5 Å². The average Bonchev–Trinajstić information content (AvgIpc) is 3.08. The van der Waals surface area contributed by atoms with Gasteiger partial charge in [0.25, 0.3) is 5.56 Å². The zero-order chi connectivity index (χ0) is 23.6. The number of aryl methyl sites for hydroxylation is 1. The topological polar surface area (TPSA) is 117 Å². The number of hydrogen-bond acceptors (Lipinski definition) is 8. The van der Waals surface area contributed by atoms with Gasteiger partial charge in [0.2, 0.25) is 5.91 Å². The first-order valence-electron chi connectivity index (χ1n) is 9.12. The van der Waals surface area contributed by atoms with Crippen molar-refractivity contribution in [2.45, 2.75) is 19.9 Å². The van der Waals surface area contributed by atoms with Crippen LogP contribution in [0.25, 0.3) is 10.9 Å². The Balaban J connectivity index is 1.82. The molecule has 2 aromatic heterocycles. The van der Waals surface area contributed by atoms with Gasteiger partial charge in [-0.15, -0.1) is 11.3 Å². The Bertz CT molecular complexity index is 1300. The molecular formula is C20H17Cl2N3O6S. The second-order valence-corrected chi connectivity index (χ2v) is 8.43. The number of benzene rings is 1. The van der Waals surface area contributed by atoms with Gasteiger partial charge in [-0.25, -0.2) is 14.6 Å². The summed E-state index contributed by atoms with van der Waals surface area (Å²) in [6, 6.07) is 2.94. The third kappa shape index (κ3) is 4.62. The van der Waals surface area contributed by atoms with Crippen LogP contribution < -0.4 is 10.9 Å². The highest BCUT2D eigenvalue weighted by atomic mass is 35.5. The van der Waals surface area contributed by atoms with E-state index in [1.807, 2.05) is 0 Å². The van der Waals surface area contributed by atoms with Crippen LogP contribution in [0.3, 0.4) is 0 Å². The molecular weight excluding hydrogens is 481 g/mol. The summed E-state index contributed by atoms with van der Waals surface area (Å²) in [4.78, 5) is 53.7. The molecule has 0 saturated heterocycles. The monoisotopic (exact) mass is 497 g/mol. The fourth-order valence-electron chi connectivity index (χ4n) is 3.00. The number of carbonyl (C=O) groups is 3. The van der Waals surface area contributed by atoms with Gasteiger partial charge in [0, 0.05) is 18.0 Å². The second-order valence-electron chi connectivity index (χ2n) is 6.57. The van der Waals surface area contributed by atoms with Crippen LogP contribution in [0.1, 0.15) is 32.0 Å². The van der Waals surface area contributed by atoms with Crippen molar-refractivity contribution in [3.63, 3.8) is 0 Å². The fraction of sp³-hybridized carbons (Fsp3) is 0.250. The maximum absolute atomic E-state index is 12.7. The normalized spacial score (nSPS) is 10.8. The Morgan fingerprint density at radius 2 is 1.84 bits per heavy atom. The van der Waals surface area contributed by atoms with Gasteiger partial charge in [0.15, 0.2) is 0 Å². The Labute approximate surface area is 195 Å². The minimum absolute atomic E-state index is 0.0134. The molecule has 0 fully saturated rings. The average molecular weight is 498 g/mol. The van der Waals surface area contributed by atoms with Crippen molar-refractivity contribution in [1.82, 2.24) is 9.55 Å². The molecule has 0 aliphatic heterocycles. The summed E-state index contributed by atoms with van der Waals surface area (Å²) in [5.41, 5.74) is 0.323. The van der Waals surface area contributed by atoms with Gasteiger partial charge in [-0.05, 0) is 24.6 Å². The summed E-state index contributed by atoms with van der Waals surface area (Å²) in [5.74, 6) is -1.82. The van der Waals surface area contributed by atoms with Crippen LogP contribution in [0.4, 0.5) is 5.00 Å². The van der Waals surface area contributed by atoms with Crippen LogP contribution in [0.2, 0.25) is 10.0 Å². The lowest BCUT2D eigenvalue weighted by molar-refractivity contribution is -0.116. The number of hydrogen-bond donors (Lipinski definition) is 1. The first-order valence-corrected chi connectivity index (χ1v) is 10.7. The van der Waals surface area contributed by atoms with Crippen molar-refractivity contribution in [3.05, 3.63) is 54.9 Å². The van der Waals surface area contributed by atoms with Crippen LogP contribution in [0, 0.1) is 6.92 Å². The van der Waals surface area contributed by atoms with E-state index in [4.69, 9.17) is 32.7 Å². The number of ether oxygens (including phenoxy) is 2. The third-order valence-electron chi connectivity index (χ3n) is 4.59. The Morgan fingerprint density at radius 1 is 1.16 bits per heavy atom. The zero-order valence-corrected chi connectivity index (χ0v) is 19.5. The Hall–Kier alpha value is -2.95. The molecule has 2 heterocycles. The fourth-order valence-corrected chi connectivity index (χ4v) is 4.67. The van der Waals surface area contributed by atoms with Crippen molar-refractivity contribution in [2.24, 2.45) is 0 Å². The van der Waals surface area contributed by atoms with Crippen LogP contribution in [0.5, 0.6) is 0 Å². The number of halogens is 2. The van der Waals surface area contributed by atoms with E-state index in [1.165, 1.54) is 37.2 Å². The number of thiophene rings is 1. The van der Waals surface area contributed by atoms with Gasteiger partial charge in [0.1, 0.15) is 9.88 Å². The molecule has 3 rings (SSSR count). The molecule has 1 N–H and O–H groups in total. The molecule has 0 unspecified atom stereocenters. The van der Waals surface area contributed by atoms with Gasteiger partial charge < -0.3 is 14.8 Å². The van der Waals surface area contributed by atoms with Gasteiger partial charge in [0.05, 0.1) is 42.0 Å². The molecule has 0 atom stereocenters. The summed E-state index contributed by atoms with van der Waals surface area (Å²) in [5, 5.41) is 3.53. The highest BCUT2D eigenvalue weighted by Gasteiger charge is 2.26. The maximum atomic E-state index is 12.7. The first kappa shape index (κ1) is 23.7. The van der Waals surface area contributed by atoms with Crippen molar-refractivity contribution in [3.8, 4) is 0 Å². The van der Waals surface area contributed by atoms with E-state index >= 15 is 0 Å². The van der Waals surface area contributed by atoms with Crippen molar-refractivity contribution in [1.29, 1.82) is 0 Å². The molecule has 0 aliphatic rings. The lowest BCUT2D eigenvalue weighted by Crippen LogP contribution is -2.24. The molecule has 12 heteroatoms. The quantitative estimate of drug-likeness (QED) is 0.516. The molecule has 1 amide bonds. The molecule has 9 nitrogen and oxygen atoms in total. The number of methoxy groups -OCH3 is 2. The lowest BCUT2D eigenvalue weighted by atomic mass is 10.1. The van der Waals surface area contributed by atoms with Crippen molar-refractivity contribution < 1.29 is 23.9 Å². The van der Waals surface area contributed by atoms with Gasteiger partial charge in [-0.2, -0.15) is 0 Å². The molecule has 0 saturated carbocycles. The molecule has 0 radical (unpaired) electrons. The van der Waals surface area contributed by atoms with Gasteiger partial charge in [-0.3, -0.25) is 14.2 Å². The smallest absolute Gasteiger partial charge is 0.348 e. The van der Waals surface area contributed by atoms with E-state index in [9.17, 15) is 19.2 Å². The standard InChI is InChI=1S/C20H17Cl2N3O6S/c1-9-14(19(28)30-2)17(32-16(9)20(29)31-3)24-13(26)4-5-25-8-23-15-11(18(25)27)6-10(21)7-12(15)22/h6-8H,4-5H2,1-3H3,(H,24,26). The molecule has 0 aliphatic carbocycles. The summed E-state index contributed by atoms with van der Waals surface area (Å²) in [6.45, 7) is 1.57. The Kier molecular flexibility index (Phi) is 7.17. The number of aromatic nitrogens is 2.